The van der Waals surface area contributed by atoms with Crippen molar-refractivity contribution in [1.82, 2.24) is 5.32 Å². The lowest BCUT2D eigenvalue weighted by Gasteiger charge is -2.33. The van der Waals surface area contributed by atoms with E-state index in [2.05, 4.69) is 5.32 Å². The number of anilines is 1. The maximum Gasteiger partial charge on any atom is 0.267 e. The van der Waals surface area contributed by atoms with E-state index in [0.29, 0.717) is 18.8 Å². The van der Waals surface area contributed by atoms with Gasteiger partial charge in [0.05, 0.1) is 5.69 Å². The zero-order valence-electron chi connectivity index (χ0n) is 15.4. The Morgan fingerprint density at radius 3 is 2.54 bits per heavy atom. The van der Waals surface area contributed by atoms with Gasteiger partial charge in [-0.05, 0) is 44.0 Å². The molecule has 5 heteroatoms. The average Bonchev–Trinajstić information content (AvgIpc) is 2.62. The van der Waals surface area contributed by atoms with Crippen LogP contribution in [-0.2, 0) is 16.1 Å². The van der Waals surface area contributed by atoms with Crippen LogP contribution in [0.25, 0.3) is 0 Å². The Morgan fingerprint density at radius 2 is 1.81 bits per heavy atom. The fraction of sp³-hybridized carbons (Fsp3) is 0.333. The van der Waals surface area contributed by atoms with E-state index in [4.69, 9.17) is 4.74 Å². The lowest BCUT2D eigenvalue weighted by Crippen LogP contribution is -2.45. The van der Waals surface area contributed by atoms with Crippen molar-refractivity contribution in [2.24, 2.45) is 0 Å². The maximum atomic E-state index is 12.5. The molecule has 1 atom stereocenters. The van der Waals surface area contributed by atoms with Crippen LogP contribution in [0.15, 0.2) is 42.5 Å². The van der Waals surface area contributed by atoms with Crippen LogP contribution in [0.2, 0.25) is 0 Å². The molecule has 1 N–H and O–H groups in total. The second-order valence-electron chi connectivity index (χ2n) is 6.73. The second kappa shape index (κ2) is 7.60. The van der Waals surface area contributed by atoms with Crippen LogP contribution in [0, 0.1) is 13.8 Å². The van der Waals surface area contributed by atoms with E-state index >= 15 is 0 Å². The molecule has 0 saturated heterocycles. The molecule has 0 aliphatic carbocycles. The molecule has 2 aromatic carbocycles. The van der Waals surface area contributed by atoms with Crippen LogP contribution in [-0.4, -0.2) is 24.5 Å². The van der Waals surface area contributed by atoms with Gasteiger partial charge in [-0.1, -0.05) is 35.9 Å². The number of hydrogen-bond acceptors (Lipinski definition) is 3. The smallest absolute Gasteiger partial charge is 0.267 e. The van der Waals surface area contributed by atoms with Crippen molar-refractivity contribution in [3.8, 4) is 5.75 Å². The molecule has 0 unspecified atom stereocenters. The molecule has 0 bridgehead atoms. The number of carbonyl (C=O) groups excluding carboxylic acids is 2. The number of hydrogen-bond donors (Lipinski definition) is 1. The number of aryl methyl sites for hydroxylation is 2. The van der Waals surface area contributed by atoms with Crippen LogP contribution in [0.1, 0.15) is 30.0 Å². The van der Waals surface area contributed by atoms with E-state index < -0.39 is 6.10 Å². The summed E-state index contributed by atoms with van der Waals surface area (Å²) in [5.41, 5.74) is 4.03. The Bertz CT molecular complexity index is 815. The number of nitrogens with zero attached hydrogens (tertiary/aromatic N) is 1. The van der Waals surface area contributed by atoms with Crippen molar-refractivity contribution >= 4 is 17.5 Å². The second-order valence-corrected chi connectivity index (χ2v) is 6.73. The summed E-state index contributed by atoms with van der Waals surface area (Å²) in [5, 5.41) is 2.91. The summed E-state index contributed by atoms with van der Waals surface area (Å²) in [5.74, 6) is 0.490. The van der Waals surface area contributed by atoms with Crippen LogP contribution < -0.4 is 15.0 Å². The molecule has 1 aliphatic rings. The van der Waals surface area contributed by atoms with E-state index in [1.807, 2.05) is 56.3 Å². The number of carbonyl (C=O) groups is 2. The minimum Gasteiger partial charge on any atom is -0.479 e. The minimum absolute atomic E-state index is 0.0771. The quantitative estimate of drug-likeness (QED) is 0.899. The van der Waals surface area contributed by atoms with E-state index in [0.717, 1.165) is 16.8 Å². The standard InChI is InChI=1S/C21H24N2O3/c1-14-4-7-17(8-5-14)13-22-20(24)10-11-23-18-12-15(2)6-9-19(18)26-16(3)21(23)25/h4-9,12,16H,10-11,13H2,1-3H3,(H,22,24)/t16-/m1/s1. The number of ether oxygens (including phenoxy) is 1. The minimum atomic E-state index is -0.541. The summed E-state index contributed by atoms with van der Waals surface area (Å²) in [6, 6.07) is 13.8. The first-order valence-electron chi connectivity index (χ1n) is 8.85. The van der Waals surface area contributed by atoms with Gasteiger partial charge < -0.3 is 15.0 Å². The Hall–Kier alpha value is -2.82. The zero-order chi connectivity index (χ0) is 18.7. The summed E-state index contributed by atoms with van der Waals surface area (Å²) in [6.07, 6.45) is -0.293. The fourth-order valence-electron chi connectivity index (χ4n) is 2.96. The molecule has 136 valence electrons. The molecule has 3 rings (SSSR count). The molecule has 2 amide bonds. The first kappa shape index (κ1) is 18.0. The molecule has 0 spiro atoms. The van der Waals surface area contributed by atoms with Crippen LogP contribution >= 0.6 is 0 Å². The highest BCUT2D eigenvalue weighted by atomic mass is 16.5. The SMILES string of the molecule is Cc1ccc(CNC(=O)CCN2C(=O)[C@@H](C)Oc3ccc(C)cc32)cc1. The lowest BCUT2D eigenvalue weighted by molar-refractivity contribution is -0.125. The van der Waals surface area contributed by atoms with Gasteiger partial charge in [-0.25, -0.2) is 0 Å². The number of nitrogens with one attached hydrogen (secondary N) is 1. The topological polar surface area (TPSA) is 58.6 Å². The van der Waals surface area contributed by atoms with E-state index in [-0.39, 0.29) is 18.2 Å². The highest BCUT2D eigenvalue weighted by molar-refractivity contribution is 6.00. The molecule has 5 nitrogen and oxygen atoms in total. The summed E-state index contributed by atoms with van der Waals surface area (Å²) in [4.78, 5) is 26.4. The van der Waals surface area contributed by atoms with Crippen molar-refractivity contribution in [2.45, 2.75) is 39.8 Å². The highest BCUT2D eigenvalue weighted by Crippen LogP contribution is 2.34. The third-order valence-electron chi connectivity index (χ3n) is 4.50. The summed E-state index contributed by atoms with van der Waals surface area (Å²) >= 11 is 0. The number of amides is 2. The normalized spacial score (nSPS) is 16.0. The molecule has 2 aromatic rings. The Kier molecular flexibility index (Phi) is 5.26. The number of rotatable bonds is 5. The van der Waals surface area contributed by atoms with Crippen molar-refractivity contribution in [2.75, 3.05) is 11.4 Å². The van der Waals surface area contributed by atoms with Gasteiger partial charge in [0.2, 0.25) is 5.91 Å². The van der Waals surface area contributed by atoms with Crippen LogP contribution in [0.4, 0.5) is 5.69 Å². The van der Waals surface area contributed by atoms with Crippen LogP contribution in [0.3, 0.4) is 0 Å². The van der Waals surface area contributed by atoms with Gasteiger partial charge in [0.15, 0.2) is 6.10 Å². The maximum absolute atomic E-state index is 12.5. The van der Waals surface area contributed by atoms with E-state index in [9.17, 15) is 9.59 Å². The molecule has 1 aliphatic heterocycles. The molecule has 0 aromatic heterocycles. The monoisotopic (exact) mass is 352 g/mol. The van der Waals surface area contributed by atoms with E-state index in [1.54, 1.807) is 11.8 Å². The van der Waals surface area contributed by atoms with Gasteiger partial charge in [0, 0.05) is 19.5 Å². The number of benzene rings is 2. The highest BCUT2D eigenvalue weighted by Gasteiger charge is 2.31. The van der Waals surface area contributed by atoms with Gasteiger partial charge >= 0.3 is 0 Å². The lowest BCUT2D eigenvalue weighted by atomic mass is 10.1. The fourth-order valence-corrected chi connectivity index (χ4v) is 2.96. The first-order chi connectivity index (χ1) is 12.4. The Balaban J connectivity index is 1.61. The predicted molar refractivity (Wildman–Crippen MR) is 101 cm³/mol. The van der Waals surface area contributed by atoms with Gasteiger partial charge in [-0.15, -0.1) is 0 Å². The Morgan fingerprint density at radius 1 is 1.12 bits per heavy atom. The summed E-state index contributed by atoms with van der Waals surface area (Å²) in [7, 11) is 0. The third kappa shape index (κ3) is 4.04. The predicted octanol–water partition coefficient (Wildman–Crippen LogP) is 3.12. The van der Waals surface area contributed by atoms with Gasteiger partial charge in [-0.2, -0.15) is 0 Å². The largest absolute Gasteiger partial charge is 0.479 e. The van der Waals surface area contributed by atoms with Crippen molar-refractivity contribution in [1.29, 1.82) is 0 Å². The van der Waals surface area contributed by atoms with Crippen molar-refractivity contribution < 1.29 is 14.3 Å². The first-order valence-corrected chi connectivity index (χ1v) is 8.85. The molecule has 1 heterocycles. The Labute approximate surface area is 154 Å². The molecule has 0 saturated carbocycles. The molecule has 0 radical (unpaired) electrons. The van der Waals surface area contributed by atoms with Gasteiger partial charge in [0.25, 0.3) is 5.91 Å². The van der Waals surface area contributed by atoms with Crippen molar-refractivity contribution in [3.05, 3.63) is 59.2 Å². The molecule has 0 fully saturated rings. The molecular weight excluding hydrogens is 328 g/mol. The van der Waals surface area contributed by atoms with Gasteiger partial charge in [-0.3, -0.25) is 9.59 Å². The average molecular weight is 352 g/mol. The summed E-state index contributed by atoms with van der Waals surface area (Å²) < 4.78 is 5.66. The molecular formula is C21H24N2O3. The summed E-state index contributed by atoms with van der Waals surface area (Å²) in [6.45, 7) is 6.55. The zero-order valence-corrected chi connectivity index (χ0v) is 15.4. The van der Waals surface area contributed by atoms with Crippen LogP contribution in [0.5, 0.6) is 5.75 Å². The number of fused-ring (bicyclic) bond motifs is 1. The molecule has 26 heavy (non-hydrogen) atoms. The van der Waals surface area contributed by atoms with Gasteiger partial charge in [0.1, 0.15) is 5.75 Å². The van der Waals surface area contributed by atoms with E-state index in [1.165, 1.54) is 5.56 Å². The third-order valence-corrected chi connectivity index (χ3v) is 4.50. The van der Waals surface area contributed by atoms with Crippen molar-refractivity contribution in [3.63, 3.8) is 0 Å².